The van der Waals surface area contributed by atoms with Gasteiger partial charge in [-0.2, -0.15) is 0 Å². The first-order valence-corrected chi connectivity index (χ1v) is 13.0. The molecule has 2 aromatic carbocycles. The highest BCUT2D eigenvalue weighted by atomic mass is 35.5. The maximum atomic E-state index is 11.9. The molecule has 0 unspecified atom stereocenters. The highest BCUT2D eigenvalue weighted by Gasteiger charge is 2.23. The van der Waals surface area contributed by atoms with Crippen molar-refractivity contribution in [3.8, 4) is 22.6 Å². The molecule has 0 aliphatic carbocycles. The topological polar surface area (TPSA) is 54.9 Å². The van der Waals surface area contributed by atoms with Gasteiger partial charge in [-0.25, -0.2) is 0 Å². The van der Waals surface area contributed by atoms with E-state index < -0.39 is 0 Å². The van der Waals surface area contributed by atoms with Gasteiger partial charge in [0.05, 0.1) is 0 Å². The maximum Gasteiger partial charge on any atom is 0.222 e. The molecule has 192 valence electrons. The molecule has 3 heterocycles. The number of aromatic nitrogens is 1. The molecule has 3 aromatic rings. The van der Waals surface area contributed by atoms with Gasteiger partial charge in [0.1, 0.15) is 24.0 Å². The molecule has 2 aliphatic rings. The molecular weight excluding hydrogens is 474 g/mol. The molecule has 1 aromatic heterocycles. The number of benzene rings is 2. The number of ether oxygens (including phenoxy) is 2. The van der Waals surface area contributed by atoms with Crippen LogP contribution < -0.4 is 9.47 Å². The Balaban J connectivity index is 0.00000304. The number of fused-ring (bicyclic) bond motifs is 1. The molecule has 7 heteroatoms. The predicted octanol–water partition coefficient (Wildman–Crippen LogP) is 5.58. The molecular formula is C29H36ClN3O3. The lowest BCUT2D eigenvalue weighted by molar-refractivity contribution is -0.132. The van der Waals surface area contributed by atoms with E-state index in [9.17, 15) is 4.79 Å². The van der Waals surface area contributed by atoms with Gasteiger partial charge in [0.25, 0.3) is 0 Å². The van der Waals surface area contributed by atoms with Crippen LogP contribution in [-0.2, 0) is 4.79 Å². The normalized spacial score (nSPS) is 16.6. The van der Waals surface area contributed by atoms with E-state index >= 15 is 0 Å². The monoisotopic (exact) mass is 509 g/mol. The van der Waals surface area contributed by atoms with Gasteiger partial charge in [-0.15, -0.1) is 12.4 Å². The number of rotatable bonds is 8. The molecule has 0 saturated carbocycles. The van der Waals surface area contributed by atoms with Gasteiger partial charge in [-0.05, 0) is 55.8 Å². The number of halogens is 1. The summed E-state index contributed by atoms with van der Waals surface area (Å²) in [6, 6.07) is 16.6. The zero-order chi connectivity index (χ0) is 24.0. The van der Waals surface area contributed by atoms with Gasteiger partial charge in [-0.1, -0.05) is 31.2 Å². The van der Waals surface area contributed by atoms with Crippen molar-refractivity contribution < 1.29 is 14.3 Å². The molecule has 36 heavy (non-hydrogen) atoms. The van der Waals surface area contributed by atoms with Crippen LogP contribution in [0, 0.1) is 0 Å². The lowest BCUT2D eigenvalue weighted by Gasteiger charge is -2.32. The molecule has 0 atom stereocenters. The summed E-state index contributed by atoms with van der Waals surface area (Å²) in [7, 11) is 0. The Morgan fingerprint density at radius 3 is 2.47 bits per heavy atom. The van der Waals surface area contributed by atoms with Crippen LogP contribution in [0.25, 0.3) is 22.0 Å². The lowest BCUT2D eigenvalue weighted by Crippen LogP contribution is -2.41. The lowest BCUT2D eigenvalue weighted by atomic mass is 10.0. The van der Waals surface area contributed by atoms with Crippen LogP contribution in [0.4, 0.5) is 0 Å². The summed E-state index contributed by atoms with van der Waals surface area (Å²) in [5.41, 5.74) is 3.04. The standard InChI is InChI=1S/C29H35N3O3.ClH/c1-2-27(33)32-18-13-25(14-19-32)35-24-10-7-22(8-11-24)26-12-9-23-6-5-15-30-28(23)29(26)34-21-20-31-16-3-4-17-31;/h5-12,15,25H,2-4,13-14,16-21H2,1H3;1H. The Hall–Kier alpha value is -2.83. The summed E-state index contributed by atoms with van der Waals surface area (Å²) < 4.78 is 12.6. The second-order valence-electron chi connectivity index (χ2n) is 9.49. The second kappa shape index (κ2) is 12.4. The zero-order valence-corrected chi connectivity index (χ0v) is 21.8. The Morgan fingerprint density at radius 1 is 1.00 bits per heavy atom. The van der Waals surface area contributed by atoms with Crippen molar-refractivity contribution in [2.45, 2.75) is 45.1 Å². The number of pyridine rings is 1. The number of hydrogen-bond acceptors (Lipinski definition) is 5. The maximum absolute atomic E-state index is 11.9. The minimum Gasteiger partial charge on any atom is -0.490 e. The molecule has 2 saturated heterocycles. The Bertz CT molecular complexity index is 1140. The van der Waals surface area contributed by atoms with Crippen molar-refractivity contribution >= 4 is 29.2 Å². The third-order valence-corrected chi connectivity index (χ3v) is 7.15. The first-order chi connectivity index (χ1) is 17.2. The van der Waals surface area contributed by atoms with E-state index in [-0.39, 0.29) is 24.4 Å². The van der Waals surface area contributed by atoms with Crippen LogP contribution in [0.15, 0.2) is 54.7 Å². The van der Waals surface area contributed by atoms with Crippen molar-refractivity contribution in [3.05, 3.63) is 54.7 Å². The van der Waals surface area contributed by atoms with Crippen LogP contribution >= 0.6 is 12.4 Å². The van der Waals surface area contributed by atoms with Crippen LogP contribution in [0.5, 0.6) is 11.5 Å². The second-order valence-corrected chi connectivity index (χ2v) is 9.49. The fourth-order valence-corrected chi connectivity index (χ4v) is 5.13. The predicted molar refractivity (Wildman–Crippen MR) is 146 cm³/mol. The van der Waals surface area contributed by atoms with Gasteiger partial charge in [0.2, 0.25) is 5.91 Å². The summed E-state index contributed by atoms with van der Waals surface area (Å²) in [6.45, 7) is 7.40. The van der Waals surface area contributed by atoms with Crippen LogP contribution in [-0.4, -0.2) is 66.1 Å². The van der Waals surface area contributed by atoms with E-state index in [0.717, 1.165) is 66.0 Å². The summed E-state index contributed by atoms with van der Waals surface area (Å²) in [4.78, 5) is 21.0. The molecule has 1 amide bonds. The van der Waals surface area contributed by atoms with Gasteiger partial charge >= 0.3 is 0 Å². The minimum absolute atomic E-state index is 0. The molecule has 0 spiro atoms. The third kappa shape index (κ3) is 6.11. The van der Waals surface area contributed by atoms with Crippen LogP contribution in [0.3, 0.4) is 0 Å². The Labute approximate surface area is 220 Å². The number of piperidine rings is 1. The van der Waals surface area contributed by atoms with Gasteiger partial charge in [0.15, 0.2) is 5.75 Å². The fourth-order valence-electron chi connectivity index (χ4n) is 5.13. The Kier molecular flexibility index (Phi) is 9.05. The van der Waals surface area contributed by atoms with E-state index in [1.807, 2.05) is 36.2 Å². The minimum atomic E-state index is 0. The average Bonchev–Trinajstić information content (AvgIpc) is 3.43. The number of amides is 1. The molecule has 5 rings (SSSR count). The van der Waals surface area contributed by atoms with E-state index in [1.54, 1.807) is 0 Å². The number of carbonyl (C=O) groups is 1. The van der Waals surface area contributed by atoms with Crippen molar-refractivity contribution in [3.63, 3.8) is 0 Å². The zero-order valence-electron chi connectivity index (χ0n) is 21.0. The Morgan fingerprint density at radius 2 is 1.75 bits per heavy atom. The van der Waals surface area contributed by atoms with Gasteiger partial charge in [-0.3, -0.25) is 14.7 Å². The SMILES string of the molecule is CCC(=O)N1CCC(Oc2ccc(-c3ccc4cccnc4c3OCCN3CCCC3)cc2)CC1.Cl. The van der Waals surface area contributed by atoms with Crippen LogP contribution in [0.1, 0.15) is 39.0 Å². The molecule has 0 N–H and O–H groups in total. The van der Waals surface area contributed by atoms with E-state index in [4.69, 9.17) is 9.47 Å². The molecule has 2 fully saturated rings. The average molecular weight is 510 g/mol. The summed E-state index contributed by atoms with van der Waals surface area (Å²) in [5.74, 6) is 1.95. The molecule has 0 radical (unpaired) electrons. The summed E-state index contributed by atoms with van der Waals surface area (Å²) >= 11 is 0. The number of hydrogen-bond donors (Lipinski definition) is 0. The highest BCUT2D eigenvalue weighted by molar-refractivity contribution is 5.92. The van der Waals surface area contributed by atoms with Crippen molar-refractivity contribution in [1.29, 1.82) is 0 Å². The molecule has 0 bridgehead atoms. The largest absolute Gasteiger partial charge is 0.490 e. The summed E-state index contributed by atoms with van der Waals surface area (Å²) in [5, 5.41) is 1.08. The van der Waals surface area contributed by atoms with Crippen molar-refractivity contribution in [2.75, 3.05) is 39.3 Å². The highest BCUT2D eigenvalue weighted by Crippen LogP contribution is 2.36. The molecule has 6 nitrogen and oxygen atoms in total. The first kappa shape index (κ1) is 26.2. The first-order valence-electron chi connectivity index (χ1n) is 13.0. The third-order valence-electron chi connectivity index (χ3n) is 7.15. The fraction of sp³-hybridized carbons (Fsp3) is 0.448. The number of likely N-dealkylation sites (tertiary alicyclic amines) is 2. The quantitative estimate of drug-likeness (QED) is 0.397. The van der Waals surface area contributed by atoms with Crippen molar-refractivity contribution in [2.24, 2.45) is 0 Å². The number of carbonyl (C=O) groups excluding carboxylic acids is 1. The van der Waals surface area contributed by atoms with Gasteiger partial charge < -0.3 is 14.4 Å². The van der Waals surface area contributed by atoms with Crippen LogP contribution in [0.2, 0.25) is 0 Å². The molecule has 2 aliphatic heterocycles. The van der Waals surface area contributed by atoms with E-state index in [1.165, 1.54) is 25.9 Å². The van der Waals surface area contributed by atoms with Crippen molar-refractivity contribution in [1.82, 2.24) is 14.8 Å². The van der Waals surface area contributed by atoms with E-state index in [0.29, 0.717) is 13.0 Å². The van der Waals surface area contributed by atoms with E-state index in [2.05, 4.69) is 40.2 Å². The van der Waals surface area contributed by atoms with Gasteiger partial charge in [0, 0.05) is 56.0 Å². The number of nitrogens with zero attached hydrogens (tertiary/aromatic N) is 3. The smallest absolute Gasteiger partial charge is 0.222 e. The summed E-state index contributed by atoms with van der Waals surface area (Å²) in [6.07, 6.45) is 6.86.